The molecule has 2 fully saturated rings. The molecule has 0 radical (unpaired) electrons. The third-order valence-electron chi connectivity index (χ3n) is 5.66. The molecule has 2 aliphatic heterocycles. The Hall–Kier alpha value is -2.73. The first kappa shape index (κ1) is 20.5. The van der Waals surface area contributed by atoms with E-state index >= 15 is 0 Å². The van der Waals surface area contributed by atoms with Gasteiger partial charge in [0.1, 0.15) is 5.75 Å². The fourth-order valence-corrected chi connectivity index (χ4v) is 5.50. The van der Waals surface area contributed by atoms with E-state index in [2.05, 4.69) is 0 Å². The molecule has 2 aliphatic rings. The van der Waals surface area contributed by atoms with Gasteiger partial charge in [0.25, 0.3) is 5.91 Å². The van der Waals surface area contributed by atoms with E-state index in [0.717, 1.165) is 30.7 Å². The van der Waals surface area contributed by atoms with Gasteiger partial charge < -0.3 is 14.5 Å². The molecule has 0 atom stereocenters. The van der Waals surface area contributed by atoms with Gasteiger partial charge in [0, 0.05) is 31.5 Å². The summed E-state index contributed by atoms with van der Waals surface area (Å²) in [4.78, 5) is 29.1. The predicted molar refractivity (Wildman–Crippen MR) is 120 cm³/mol. The largest absolute Gasteiger partial charge is 0.484 e. The second-order valence-corrected chi connectivity index (χ2v) is 8.97. The van der Waals surface area contributed by atoms with Crippen LogP contribution in [0.4, 0.5) is 0 Å². The van der Waals surface area contributed by atoms with Crippen LogP contribution in [-0.2, 0) is 9.59 Å². The number of nitrogens with zero attached hydrogens (tertiary/aromatic N) is 2. The zero-order chi connectivity index (χ0) is 20.8. The number of carbonyl (C=O) groups is 2. The molecule has 0 saturated carbocycles. The van der Waals surface area contributed by atoms with Crippen molar-refractivity contribution in [3.63, 3.8) is 0 Å². The lowest BCUT2D eigenvalue weighted by Gasteiger charge is -2.43. The maximum atomic E-state index is 12.9. The number of carbonyl (C=O) groups excluding carboxylic acids is 2. The predicted octanol–water partition coefficient (Wildman–Crippen LogP) is 3.67. The van der Waals surface area contributed by atoms with Gasteiger partial charge in [-0.1, -0.05) is 48.5 Å². The van der Waals surface area contributed by atoms with Crippen LogP contribution < -0.4 is 4.74 Å². The molecular formula is C24H26N2O3S. The van der Waals surface area contributed by atoms with E-state index in [9.17, 15) is 9.59 Å². The molecule has 2 heterocycles. The van der Waals surface area contributed by atoms with Gasteiger partial charge in [-0.2, -0.15) is 0 Å². The van der Waals surface area contributed by atoms with Crippen molar-refractivity contribution < 1.29 is 14.3 Å². The molecule has 0 N–H and O–H groups in total. The summed E-state index contributed by atoms with van der Waals surface area (Å²) in [6, 6.07) is 19.3. The van der Waals surface area contributed by atoms with Gasteiger partial charge in [-0.05, 0) is 36.6 Å². The van der Waals surface area contributed by atoms with Gasteiger partial charge in [-0.25, -0.2) is 0 Å². The molecular weight excluding hydrogens is 396 g/mol. The van der Waals surface area contributed by atoms with Gasteiger partial charge in [0.05, 0.1) is 4.87 Å². The fraction of sp³-hybridized carbons (Fsp3) is 0.333. The van der Waals surface area contributed by atoms with E-state index in [0.29, 0.717) is 18.8 Å². The molecule has 0 aliphatic carbocycles. The zero-order valence-electron chi connectivity index (χ0n) is 16.9. The number of piperidine rings is 1. The number of benzene rings is 2. The summed E-state index contributed by atoms with van der Waals surface area (Å²) in [7, 11) is 0. The number of ether oxygens (including phenoxy) is 1. The first-order valence-corrected chi connectivity index (χ1v) is 11.3. The van der Waals surface area contributed by atoms with Gasteiger partial charge in [0.2, 0.25) is 5.91 Å². The van der Waals surface area contributed by atoms with E-state index in [1.54, 1.807) is 6.08 Å². The first-order chi connectivity index (χ1) is 14.7. The van der Waals surface area contributed by atoms with Crippen molar-refractivity contribution >= 4 is 29.7 Å². The summed E-state index contributed by atoms with van der Waals surface area (Å²) in [5, 5.41) is 0. The molecule has 2 amide bonds. The lowest BCUT2D eigenvalue weighted by Crippen LogP contribution is -2.54. The Morgan fingerprint density at radius 2 is 1.63 bits per heavy atom. The highest BCUT2D eigenvalue weighted by atomic mass is 32.2. The van der Waals surface area contributed by atoms with Crippen LogP contribution >= 0.6 is 11.8 Å². The molecule has 2 aromatic rings. The van der Waals surface area contributed by atoms with Gasteiger partial charge >= 0.3 is 0 Å². The first-order valence-electron chi connectivity index (χ1n) is 10.3. The Bertz CT molecular complexity index is 893. The second kappa shape index (κ2) is 9.39. The lowest BCUT2D eigenvalue weighted by atomic mass is 10.0. The van der Waals surface area contributed by atoms with Crippen molar-refractivity contribution in [3.8, 4) is 5.75 Å². The molecule has 6 heteroatoms. The molecule has 5 nitrogen and oxygen atoms in total. The molecule has 2 aromatic carbocycles. The second-order valence-electron chi connectivity index (χ2n) is 7.51. The zero-order valence-corrected chi connectivity index (χ0v) is 17.7. The molecule has 2 saturated heterocycles. The van der Waals surface area contributed by atoms with E-state index in [1.807, 2.05) is 88.3 Å². The normalized spacial score (nSPS) is 18.1. The summed E-state index contributed by atoms with van der Waals surface area (Å²) in [6.07, 6.45) is 5.08. The van der Waals surface area contributed by atoms with Crippen molar-refractivity contribution in [2.75, 3.05) is 32.0 Å². The van der Waals surface area contributed by atoms with Crippen LogP contribution in [-0.4, -0.2) is 58.5 Å². The summed E-state index contributed by atoms with van der Waals surface area (Å²) < 4.78 is 5.67. The summed E-state index contributed by atoms with van der Waals surface area (Å²) in [5.74, 6) is 1.69. The smallest absolute Gasteiger partial charge is 0.261 e. The number of hydrogen-bond donors (Lipinski definition) is 0. The molecule has 4 rings (SSSR count). The molecule has 30 heavy (non-hydrogen) atoms. The topological polar surface area (TPSA) is 49.9 Å². The van der Waals surface area contributed by atoms with Crippen molar-refractivity contribution in [1.82, 2.24) is 9.80 Å². The van der Waals surface area contributed by atoms with Crippen LogP contribution in [0.15, 0.2) is 66.7 Å². The maximum absolute atomic E-state index is 12.9. The Kier molecular flexibility index (Phi) is 6.43. The Labute approximate surface area is 181 Å². The molecule has 0 bridgehead atoms. The molecule has 156 valence electrons. The minimum atomic E-state index is -0.211. The van der Waals surface area contributed by atoms with Gasteiger partial charge in [0.15, 0.2) is 6.61 Å². The number of amides is 2. The monoisotopic (exact) mass is 422 g/mol. The number of likely N-dealkylation sites (tertiary alicyclic amines) is 1. The van der Waals surface area contributed by atoms with E-state index in [1.165, 1.54) is 0 Å². The molecule has 1 spiro atoms. The third-order valence-corrected chi connectivity index (χ3v) is 7.21. The molecule has 0 aromatic heterocycles. The Balaban J connectivity index is 1.32. The number of hydrogen-bond acceptors (Lipinski definition) is 4. The lowest BCUT2D eigenvalue weighted by molar-refractivity contribution is -0.137. The van der Waals surface area contributed by atoms with E-state index in [-0.39, 0.29) is 23.3 Å². The van der Waals surface area contributed by atoms with Crippen molar-refractivity contribution in [3.05, 3.63) is 72.3 Å². The third kappa shape index (κ3) is 4.70. The quantitative estimate of drug-likeness (QED) is 0.690. The fourth-order valence-electron chi connectivity index (χ4n) is 4.03. The average Bonchev–Trinajstić information content (AvgIpc) is 3.20. The number of thioether (sulfide) groups is 1. The minimum absolute atomic E-state index is 0.0209. The highest BCUT2D eigenvalue weighted by Gasteiger charge is 2.46. The number of para-hydroxylation sites is 1. The average molecular weight is 423 g/mol. The molecule has 0 unspecified atom stereocenters. The van der Waals surface area contributed by atoms with Crippen molar-refractivity contribution in [2.45, 2.75) is 17.7 Å². The van der Waals surface area contributed by atoms with Crippen LogP contribution in [0.3, 0.4) is 0 Å². The van der Waals surface area contributed by atoms with E-state index in [4.69, 9.17) is 4.74 Å². The van der Waals surface area contributed by atoms with Crippen LogP contribution in [0, 0.1) is 0 Å². The Morgan fingerprint density at radius 3 is 2.33 bits per heavy atom. The maximum Gasteiger partial charge on any atom is 0.261 e. The van der Waals surface area contributed by atoms with Crippen LogP contribution in [0.25, 0.3) is 6.08 Å². The van der Waals surface area contributed by atoms with Crippen molar-refractivity contribution in [1.29, 1.82) is 0 Å². The summed E-state index contributed by atoms with van der Waals surface area (Å²) in [5.41, 5.74) is 1.01. The number of rotatable bonds is 5. The summed E-state index contributed by atoms with van der Waals surface area (Å²) in [6.45, 7) is 2.11. The standard InChI is InChI=1S/C24H26N2O3S/c27-22(12-11-20-7-3-1-4-8-20)25-15-13-24(14-16-25)26(17-18-30-24)23(28)19-29-21-9-5-2-6-10-21/h1-12H,13-19H2/b12-11+. The van der Waals surface area contributed by atoms with Crippen LogP contribution in [0.5, 0.6) is 5.75 Å². The van der Waals surface area contributed by atoms with E-state index < -0.39 is 0 Å². The summed E-state index contributed by atoms with van der Waals surface area (Å²) >= 11 is 1.84. The van der Waals surface area contributed by atoms with Crippen LogP contribution in [0.1, 0.15) is 18.4 Å². The van der Waals surface area contributed by atoms with Gasteiger partial charge in [-0.15, -0.1) is 11.8 Å². The van der Waals surface area contributed by atoms with Gasteiger partial charge in [-0.3, -0.25) is 9.59 Å². The highest BCUT2D eigenvalue weighted by Crippen LogP contribution is 2.44. The van der Waals surface area contributed by atoms with Crippen LogP contribution in [0.2, 0.25) is 0 Å². The Morgan fingerprint density at radius 1 is 0.967 bits per heavy atom. The van der Waals surface area contributed by atoms with Crippen molar-refractivity contribution in [2.24, 2.45) is 0 Å². The SMILES string of the molecule is O=C(/C=C/c1ccccc1)N1CCC2(CC1)SCCN2C(=O)COc1ccccc1. The minimum Gasteiger partial charge on any atom is -0.484 e. The highest BCUT2D eigenvalue weighted by molar-refractivity contribution is 8.00.